The number of nitrogens with zero attached hydrogens (tertiary/aromatic N) is 2. The maximum absolute atomic E-state index is 14.6. The number of esters is 1. The van der Waals surface area contributed by atoms with Gasteiger partial charge in [-0.15, -0.1) is 13.2 Å². The van der Waals surface area contributed by atoms with E-state index in [2.05, 4.69) is 18.5 Å². The van der Waals surface area contributed by atoms with Gasteiger partial charge >= 0.3 is 5.97 Å². The molecule has 3 saturated heterocycles. The molecule has 3 aliphatic rings. The second-order valence-electron chi connectivity index (χ2n) is 14.4. The largest absolute Gasteiger partial charge is 0.455 e. The van der Waals surface area contributed by atoms with Gasteiger partial charge in [-0.1, -0.05) is 56.3 Å². The first-order chi connectivity index (χ1) is 22.8. The molecule has 3 amide bonds. The summed E-state index contributed by atoms with van der Waals surface area (Å²) in [5.41, 5.74) is -1.23. The summed E-state index contributed by atoms with van der Waals surface area (Å²) in [6.45, 7) is 17.0. The molecule has 4 rings (SSSR count). The lowest BCUT2D eigenvalue weighted by Gasteiger charge is -2.44. The Morgan fingerprint density at radius 2 is 1.88 bits per heavy atom. The highest BCUT2D eigenvalue weighted by Gasteiger charge is 2.76. The molecule has 2 bridgehead atoms. The fourth-order valence-corrected chi connectivity index (χ4v) is 7.71. The number of hydrogen-bond acceptors (Lipinski definition) is 8. The Morgan fingerprint density at radius 3 is 2.44 bits per heavy atom. The summed E-state index contributed by atoms with van der Waals surface area (Å²) >= 11 is 0. The number of carbonyl (C=O) groups excluding carboxylic acids is 4. The smallest absolute Gasteiger partial charge is 0.313 e. The third-order valence-corrected chi connectivity index (χ3v) is 9.95. The van der Waals surface area contributed by atoms with Crippen molar-refractivity contribution in [1.29, 1.82) is 0 Å². The van der Waals surface area contributed by atoms with Crippen LogP contribution in [0.3, 0.4) is 0 Å². The van der Waals surface area contributed by atoms with Gasteiger partial charge in [-0.2, -0.15) is 0 Å². The van der Waals surface area contributed by atoms with Crippen molar-refractivity contribution >= 4 is 23.7 Å². The summed E-state index contributed by atoms with van der Waals surface area (Å²) in [7, 11) is 1.50. The summed E-state index contributed by atoms with van der Waals surface area (Å²) in [6.07, 6.45) is 3.28. The molecule has 3 fully saturated rings. The van der Waals surface area contributed by atoms with Gasteiger partial charge in [0.25, 0.3) is 0 Å². The van der Waals surface area contributed by atoms with Gasteiger partial charge in [0, 0.05) is 25.6 Å². The molecule has 3 heterocycles. The Kier molecular flexibility index (Phi) is 11.9. The van der Waals surface area contributed by atoms with E-state index in [1.165, 1.54) is 12.0 Å². The van der Waals surface area contributed by atoms with Crippen molar-refractivity contribution in [3.8, 4) is 0 Å². The van der Waals surface area contributed by atoms with Crippen LogP contribution in [0.25, 0.3) is 0 Å². The maximum Gasteiger partial charge on any atom is 0.313 e. The van der Waals surface area contributed by atoms with Gasteiger partial charge in [0.2, 0.25) is 17.7 Å². The van der Waals surface area contributed by atoms with Gasteiger partial charge in [-0.3, -0.25) is 19.2 Å². The first-order valence-electron chi connectivity index (χ1n) is 16.9. The second kappa shape index (κ2) is 15.3. The molecule has 0 aromatic heterocycles. The van der Waals surface area contributed by atoms with Crippen molar-refractivity contribution in [2.75, 3.05) is 26.9 Å². The minimum absolute atomic E-state index is 0.0619. The number of aliphatic hydroxyl groups is 1. The van der Waals surface area contributed by atoms with E-state index in [-0.39, 0.29) is 43.9 Å². The number of fused-ring (bicyclic) bond motifs is 1. The normalized spacial score (nSPS) is 26.5. The summed E-state index contributed by atoms with van der Waals surface area (Å²) in [4.78, 5) is 59.7. The number of benzene rings is 1. The highest BCUT2D eigenvalue weighted by molar-refractivity contribution is 5.98. The number of ether oxygens (including phenoxy) is 3. The third kappa shape index (κ3) is 7.09. The minimum Gasteiger partial charge on any atom is -0.455 e. The van der Waals surface area contributed by atoms with E-state index < -0.39 is 65.2 Å². The molecule has 1 aromatic carbocycles. The fourth-order valence-electron chi connectivity index (χ4n) is 7.71. The predicted octanol–water partition coefficient (Wildman–Crippen LogP) is 3.57. The first kappa shape index (κ1) is 37.3. The lowest BCUT2D eigenvalue weighted by molar-refractivity contribution is -0.164. The number of allylic oxidation sites excluding steroid dienone is 1. The monoisotopic (exact) mass is 667 g/mol. The van der Waals surface area contributed by atoms with Gasteiger partial charge in [-0.05, 0) is 51.5 Å². The Bertz CT molecular complexity index is 1340. The van der Waals surface area contributed by atoms with E-state index in [9.17, 15) is 24.3 Å². The number of hydrogen-bond donors (Lipinski definition) is 2. The van der Waals surface area contributed by atoms with Crippen molar-refractivity contribution in [2.45, 2.75) is 102 Å². The number of carbonyl (C=O) groups is 4. The van der Waals surface area contributed by atoms with Crippen LogP contribution in [-0.4, -0.2) is 101 Å². The van der Waals surface area contributed by atoms with Crippen molar-refractivity contribution in [3.05, 3.63) is 61.2 Å². The Balaban J connectivity index is 1.75. The molecule has 2 N–H and O–H groups in total. The lowest BCUT2D eigenvalue weighted by Crippen LogP contribution is -2.62. The molecule has 3 aliphatic heterocycles. The molecular weight excluding hydrogens is 614 g/mol. The van der Waals surface area contributed by atoms with Gasteiger partial charge < -0.3 is 34.4 Å². The molecule has 0 unspecified atom stereocenters. The van der Waals surface area contributed by atoms with Gasteiger partial charge in [-0.25, -0.2) is 0 Å². The van der Waals surface area contributed by atoms with Crippen LogP contribution in [0.15, 0.2) is 55.6 Å². The highest BCUT2D eigenvalue weighted by Crippen LogP contribution is 2.59. The number of aliphatic hydroxyl groups excluding tert-OH is 1. The van der Waals surface area contributed by atoms with Gasteiger partial charge in [0.1, 0.15) is 17.7 Å². The average molecular weight is 668 g/mol. The minimum atomic E-state index is -1.28. The van der Waals surface area contributed by atoms with E-state index >= 15 is 0 Å². The molecule has 1 spiro atoms. The molecule has 11 nitrogen and oxygen atoms in total. The number of likely N-dealkylation sites (tertiary alicyclic amines) is 1. The Hall–Kier alpha value is -3.54. The van der Waals surface area contributed by atoms with E-state index in [1.54, 1.807) is 17.1 Å². The molecule has 1 aromatic rings. The molecular formula is C37H53N3O8. The molecule has 264 valence electrons. The third-order valence-electron chi connectivity index (χ3n) is 9.95. The molecule has 8 atom stereocenters. The summed E-state index contributed by atoms with van der Waals surface area (Å²) in [5.74, 6) is -3.77. The van der Waals surface area contributed by atoms with Gasteiger partial charge in [0.15, 0.2) is 0 Å². The van der Waals surface area contributed by atoms with Gasteiger partial charge in [0.05, 0.1) is 43.2 Å². The van der Waals surface area contributed by atoms with Crippen molar-refractivity contribution in [1.82, 2.24) is 15.1 Å². The van der Waals surface area contributed by atoms with E-state index in [0.29, 0.717) is 24.8 Å². The zero-order chi connectivity index (χ0) is 35.4. The Morgan fingerprint density at radius 1 is 1.19 bits per heavy atom. The molecule has 11 heteroatoms. The lowest BCUT2D eigenvalue weighted by atomic mass is 9.70. The number of rotatable bonds is 16. The second-order valence-corrected chi connectivity index (χ2v) is 14.4. The molecule has 48 heavy (non-hydrogen) atoms. The van der Waals surface area contributed by atoms with Crippen LogP contribution in [0.1, 0.15) is 72.0 Å². The fraction of sp³-hybridized carbons (Fsp3) is 0.622. The van der Waals surface area contributed by atoms with E-state index in [4.69, 9.17) is 14.2 Å². The maximum atomic E-state index is 14.6. The quantitative estimate of drug-likeness (QED) is 0.202. The number of amides is 3. The first-order valence-corrected chi connectivity index (χ1v) is 16.9. The molecule has 0 saturated carbocycles. The summed E-state index contributed by atoms with van der Waals surface area (Å²) < 4.78 is 18.4. The van der Waals surface area contributed by atoms with E-state index in [0.717, 1.165) is 0 Å². The standard InChI is InChI=1S/C37H53N3O8/c1-9-11-17-28(42)38-25(22-46-8)31(24-15-13-12-14-16-24)47-35(45)29-27-18-19-37(48-27)30(29)33(43)40(26(21-41)23(3)4)32(37)34(44)39(20-10-2)36(5,6)7/h9-10,12-16,23,25-27,29-32,41H,1-2,11,17-22H2,3-8H3,(H,38,42)/t25-,26-,27+,29-,30-,31-,32+,37-/m0/s1. The van der Waals surface area contributed by atoms with Crippen LogP contribution in [0.4, 0.5) is 0 Å². The van der Waals surface area contributed by atoms with Crippen LogP contribution in [-0.2, 0) is 33.4 Å². The van der Waals surface area contributed by atoms with E-state index in [1.807, 2.05) is 65.0 Å². The highest BCUT2D eigenvalue weighted by atomic mass is 16.6. The SMILES string of the molecule is C=CCCC(=O)N[C@@H](COC)[C@@H](OC(=O)[C@@H]1[C@H]2C(=O)N([C@@H](CO)C(C)C)[C@H](C(=O)N(CC=C)C(C)(C)C)[C@]23CC[C@H]1O3)c1ccccc1. The topological polar surface area (TPSA) is 135 Å². The van der Waals surface area contributed by atoms with Crippen molar-refractivity contribution in [3.63, 3.8) is 0 Å². The van der Waals surface area contributed by atoms with Crippen LogP contribution in [0, 0.1) is 17.8 Å². The molecule has 0 radical (unpaired) electrons. The predicted molar refractivity (Wildman–Crippen MR) is 180 cm³/mol. The van der Waals surface area contributed by atoms with Crippen LogP contribution in [0.2, 0.25) is 0 Å². The van der Waals surface area contributed by atoms with Crippen molar-refractivity contribution < 1.29 is 38.5 Å². The Labute approximate surface area is 284 Å². The molecule has 0 aliphatic carbocycles. The van der Waals surface area contributed by atoms with Crippen LogP contribution < -0.4 is 5.32 Å². The van der Waals surface area contributed by atoms with Crippen LogP contribution in [0.5, 0.6) is 0 Å². The summed E-state index contributed by atoms with van der Waals surface area (Å²) in [6, 6.07) is 6.63. The zero-order valence-electron chi connectivity index (χ0n) is 29.2. The van der Waals surface area contributed by atoms with Crippen molar-refractivity contribution in [2.24, 2.45) is 17.8 Å². The average Bonchev–Trinajstić information content (AvgIpc) is 3.68. The number of methoxy groups -OCH3 is 1. The van der Waals surface area contributed by atoms with Crippen LogP contribution >= 0.6 is 0 Å². The summed E-state index contributed by atoms with van der Waals surface area (Å²) in [5, 5.41) is 13.5. The number of nitrogens with one attached hydrogen (secondary N) is 1. The zero-order valence-corrected chi connectivity index (χ0v) is 29.2.